The average Bonchev–Trinajstić information content (AvgIpc) is 3.03. The lowest BCUT2D eigenvalue weighted by Gasteiger charge is -2.11. The van der Waals surface area contributed by atoms with E-state index in [1.165, 1.54) is 28.9 Å². The van der Waals surface area contributed by atoms with Crippen LogP contribution in [0.3, 0.4) is 0 Å². The van der Waals surface area contributed by atoms with Crippen LogP contribution in [0.2, 0.25) is 0 Å². The Hall–Kier alpha value is -3.41. The van der Waals surface area contributed by atoms with E-state index in [2.05, 4.69) is 11.7 Å². The summed E-state index contributed by atoms with van der Waals surface area (Å²) in [6.45, 7) is 7.25. The van der Waals surface area contributed by atoms with E-state index in [0.717, 1.165) is 18.2 Å². The van der Waals surface area contributed by atoms with Gasteiger partial charge in [-0.3, -0.25) is 0 Å². The van der Waals surface area contributed by atoms with Gasteiger partial charge in [0.25, 0.3) is 0 Å². The Kier molecular flexibility index (Phi) is 4.49. The zero-order chi connectivity index (χ0) is 20.9. The van der Waals surface area contributed by atoms with Crippen LogP contribution in [0, 0.1) is 30.2 Å². The molecule has 3 aromatic carbocycles. The summed E-state index contributed by atoms with van der Waals surface area (Å²) in [6, 6.07) is 9.85. The number of fused-ring (bicyclic) bond motifs is 1. The maximum absolute atomic E-state index is 14.6. The summed E-state index contributed by atoms with van der Waals surface area (Å²) in [7, 11) is 0. The lowest BCUT2D eigenvalue weighted by molar-refractivity contribution is 0.602. The minimum absolute atomic E-state index is 0.0697. The summed E-state index contributed by atoms with van der Waals surface area (Å²) in [5, 5.41) is 4.69. The van der Waals surface area contributed by atoms with E-state index in [4.69, 9.17) is 0 Å². The van der Waals surface area contributed by atoms with E-state index in [1.807, 2.05) is 0 Å². The summed E-state index contributed by atoms with van der Waals surface area (Å²) in [6.07, 6.45) is 0. The van der Waals surface area contributed by atoms with E-state index >= 15 is 0 Å². The van der Waals surface area contributed by atoms with Crippen molar-refractivity contribution in [3.63, 3.8) is 0 Å². The van der Waals surface area contributed by atoms with E-state index in [1.54, 1.807) is 19.9 Å². The van der Waals surface area contributed by atoms with Crippen molar-refractivity contribution in [2.45, 2.75) is 13.8 Å². The highest BCUT2D eigenvalue weighted by Crippen LogP contribution is 2.34. The molecule has 0 aliphatic carbocycles. The van der Waals surface area contributed by atoms with Gasteiger partial charge >= 0.3 is 0 Å². The van der Waals surface area contributed by atoms with Crippen molar-refractivity contribution in [2.24, 2.45) is 0 Å². The van der Waals surface area contributed by atoms with Crippen LogP contribution in [0.1, 0.15) is 18.1 Å². The summed E-state index contributed by atoms with van der Waals surface area (Å²) >= 11 is 0. The van der Waals surface area contributed by atoms with Crippen LogP contribution in [0.15, 0.2) is 55.1 Å². The first kappa shape index (κ1) is 18.9. The summed E-state index contributed by atoms with van der Waals surface area (Å²) < 4.78 is 58.1. The third-order valence-electron chi connectivity index (χ3n) is 4.80. The van der Waals surface area contributed by atoms with Crippen molar-refractivity contribution < 1.29 is 17.6 Å². The molecule has 0 N–H and O–H groups in total. The van der Waals surface area contributed by atoms with E-state index < -0.39 is 23.3 Å². The number of allylic oxidation sites excluding steroid dienone is 1. The van der Waals surface area contributed by atoms with Crippen LogP contribution in [-0.2, 0) is 0 Å². The topological polar surface area (TPSA) is 17.8 Å². The number of rotatable bonds is 3. The molecule has 146 valence electrons. The Morgan fingerprint density at radius 3 is 2.31 bits per heavy atom. The predicted molar refractivity (Wildman–Crippen MR) is 106 cm³/mol. The van der Waals surface area contributed by atoms with Gasteiger partial charge in [0.15, 0.2) is 0 Å². The van der Waals surface area contributed by atoms with E-state index in [-0.39, 0.29) is 11.3 Å². The molecule has 0 fully saturated rings. The quantitative estimate of drug-likeness (QED) is 0.357. The molecule has 0 saturated heterocycles. The third kappa shape index (κ3) is 3.20. The second-order valence-corrected chi connectivity index (χ2v) is 6.94. The first-order chi connectivity index (χ1) is 13.8. The zero-order valence-electron chi connectivity index (χ0n) is 15.7. The van der Waals surface area contributed by atoms with Crippen molar-refractivity contribution in [1.82, 2.24) is 9.78 Å². The number of benzene rings is 3. The Labute approximate surface area is 164 Å². The van der Waals surface area contributed by atoms with Crippen molar-refractivity contribution >= 4 is 16.5 Å². The van der Waals surface area contributed by atoms with Crippen molar-refractivity contribution in [2.75, 3.05) is 0 Å². The second kappa shape index (κ2) is 6.88. The molecular formula is C23H16F4N2. The highest BCUT2D eigenvalue weighted by Gasteiger charge is 2.20. The van der Waals surface area contributed by atoms with Gasteiger partial charge in [-0.1, -0.05) is 6.58 Å². The van der Waals surface area contributed by atoms with E-state index in [0.29, 0.717) is 33.3 Å². The molecule has 1 heterocycles. The fourth-order valence-corrected chi connectivity index (χ4v) is 3.38. The number of halogens is 4. The maximum atomic E-state index is 14.6. The van der Waals surface area contributed by atoms with Crippen molar-refractivity contribution in [1.29, 1.82) is 0 Å². The maximum Gasteiger partial charge on any atom is 0.132 e. The predicted octanol–water partition coefficient (Wildman–Crippen LogP) is 6.59. The fraction of sp³-hybridized carbons (Fsp3) is 0.0870. The van der Waals surface area contributed by atoms with E-state index in [9.17, 15) is 17.6 Å². The molecule has 6 heteroatoms. The van der Waals surface area contributed by atoms with Gasteiger partial charge in [-0.05, 0) is 67.4 Å². The molecule has 4 aromatic rings. The number of hydrogen-bond acceptors (Lipinski definition) is 1. The Bertz CT molecular complexity index is 1290. The average molecular weight is 396 g/mol. The number of aromatic nitrogens is 2. The van der Waals surface area contributed by atoms with Crippen LogP contribution in [0.4, 0.5) is 17.6 Å². The minimum atomic E-state index is -0.692. The van der Waals surface area contributed by atoms with Crippen LogP contribution >= 0.6 is 0 Å². The van der Waals surface area contributed by atoms with Crippen LogP contribution in [0.5, 0.6) is 0 Å². The first-order valence-electron chi connectivity index (χ1n) is 8.86. The van der Waals surface area contributed by atoms with Crippen LogP contribution in [-0.4, -0.2) is 9.78 Å². The molecule has 0 saturated carbocycles. The molecule has 2 nitrogen and oxygen atoms in total. The molecule has 0 bridgehead atoms. The monoisotopic (exact) mass is 396 g/mol. The normalized spacial score (nSPS) is 11.2. The standard InChI is InChI=1S/C23H16F4N2/c1-12(2)16-8-13(3)22(11-20(16)27)29-21-7-5-15(25)10-18(21)23(28-29)17-9-14(24)4-6-19(17)26/h4-11H,1H2,2-3H3. The lowest BCUT2D eigenvalue weighted by Crippen LogP contribution is -2.02. The molecule has 0 amide bonds. The second-order valence-electron chi connectivity index (χ2n) is 6.94. The molecule has 0 atom stereocenters. The summed E-state index contributed by atoms with van der Waals surface area (Å²) in [4.78, 5) is 0. The first-order valence-corrected chi connectivity index (χ1v) is 8.86. The molecular weight excluding hydrogens is 380 g/mol. The lowest BCUT2D eigenvalue weighted by atomic mass is 10.0. The third-order valence-corrected chi connectivity index (χ3v) is 4.80. The molecule has 0 spiro atoms. The molecule has 0 unspecified atom stereocenters. The van der Waals surface area contributed by atoms with Gasteiger partial charge in [-0.2, -0.15) is 5.10 Å². The molecule has 4 rings (SSSR count). The molecule has 0 radical (unpaired) electrons. The summed E-state index contributed by atoms with van der Waals surface area (Å²) in [5.74, 6) is -2.37. The van der Waals surface area contributed by atoms with Gasteiger partial charge in [-0.15, -0.1) is 0 Å². The van der Waals surface area contributed by atoms with Crippen LogP contribution in [0.25, 0.3) is 33.4 Å². The van der Waals surface area contributed by atoms with Gasteiger partial charge in [0, 0.05) is 22.6 Å². The molecule has 1 aromatic heterocycles. The van der Waals surface area contributed by atoms with Gasteiger partial charge in [0.05, 0.1) is 11.2 Å². The van der Waals surface area contributed by atoms with Gasteiger partial charge in [-0.25, -0.2) is 22.2 Å². The number of aryl methyl sites for hydroxylation is 1. The van der Waals surface area contributed by atoms with Gasteiger partial charge in [0.2, 0.25) is 0 Å². The van der Waals surface area contributed by atoms with Gasteiger partial charge in [0.1, 0.15) is 29.0 Å². The molecule has 0 aliphatic heterocycles. The zero-order valence-corrected chi connectivity index (χ0v) is 15.7. The fourth-order valence-electron chi connectivity index (χ4n) is 3.38. The highest BCUT2D eigenvalue weighted by molar-refractivity contribution is 5.94. The van der Waals surface area contributed by atoms with Gasteiger partial charge < -0.3 is 0 Å². The van der Waals surface area contributed by atoms with Crippen LogP contribution < -0.4 is 0 Å². The highest BCUT2D eigenvalue weighted by atomic mass is 19.1. The molecule has 29 heavy (non-hydrogen) atoms. The Morgan fingerprint density at radius 1 is 0.897 bits per heavy atom. The summed E-state index contributed by atoms with van der Waals surface area (Å²) in [5.41, 5.74) is 2.47. The molecule has 0 aliphatic rings. The Morgan fingerprint density at radius 2 is 1.59 bits per heavy atom. The minimum Gasteiger partial charge on any atom is -0.232 e. The largest absolute Gasteiger partial charge is 0.232 e. The SMILES string of the molecule is C=C(C)c1cc(C)c(-n2nc(-c3cc(F)ccc3F)c3cc(F)ccc32)cc1F. The number of hydrogen-bond donors (Lipinski definition) is 0. The van der Waals surface area contributed by atoms with Crippen molar-refractivity contribution in [3.8, 4) is 16.9 Å². The number of nitrogens with zero attached hydrogens (tertiary/aromatic N) is 2. The Balaban J connectivity index is 2.04. The van der Waals surface area contributed by atoms with Crippen molar-refractivity contribution in [3.05, 3.63) is 89.5 Å². The smallest absolute Gasteiger partial charge is 0.132 e.